The lowest BCUT2D eigenvalue weighted by Crippen LogP contribution is -2.35. The summed E-state index contributed by atoms with van der Waals surface area (Å²) < 4.78 is 6.98. The van der Waals surface area contributed by atoms with Gasteiger partial charge in [0.05, 0.1) is 18.3 Å². The van der Waals surface area contributed by atoms with Crippen LogP contribution in [0.5, 0.6) is 5.75 Å². The first-order valence-electron chi connectivity index (χ1n) is 9.56. The molecule has 0 amide bonds. The van der Waals surface area contributed by atoms with E-state index in [4.69, 9.17) is 21.3 Å². The van der Waals surface area contributed by atoms with E-state index >= 15 is 0 Å². The number of hydrogen-bond donors (Lipinski definition) is 3. The van der Waals surface area contributed by atoms with Crippen molar-refractivity contribution in [1.82, 2.24) is 25.1 Å². The van der Waals surface area contributed by atoms with Crippen LogP contribution in [0.25, 0.3) is 11.1 Å². The zero-order valence-electron chi connectivity index (χ0n) is 16.4. The van der Waals surface area contributed by atoms with Crippen LogP contribution >= 0.6 is 11.6 Å². The number of rotatable bonds is 6. The molecule has 2 aromatic heterocycles. The van der Waals surface area contributed by atoms with Gasteiger partial charge in [-0.2, -0.15) is 10.1 Å². The Bertz CT molecular complexity index is 985. The van der Waals surface area contributed by atoms with Crippen molar-refractivity contribution in [2.75, 3.05) is 30.8 Å². The molecule has 0 aliphatic carbocycles. The average Bonchev–Trinajstić information content (AvgIpc) is 3.15. The lowest BCUT2D eigenvalue weighted by molar-refractivity contribution is 0.415. The smallest absolute Gasteiger partial charge is 0.229 e. The largest absolute Gasteiger partial charge is 0.495 e. The van der Waals surface area contributed by atoms with Crippen molar-refractivity contribution in [1.29, 1.82) is 0 Å². The Hall–Kier alpha value is -2.84. The van der Waals surface area contributed by atoms with Crippen LogP contribution in [-0.2, 0) is 7.05 Å². The molecule has 3 N–H and O–H groups in total. The molecule has 4 rings (SSSR count). The highest BCUT2D eigenvalue weighted by Crippen LogP contribution is 2.31. The molecule has 0 atom stereocenters. The fourth-order valence-corrected chi connectivity index (χ4v) is 3.61. The predicted octanol–water partition coefficient (Wildman–Crippen LogP) is 3.45. The van der Waals surface area contributed by atoms with E-state index in [2.05, 4.69) is 26.0 Å². The maximum absolute atomic E-state index is 6.23. The monoisotopic (exact) mass is 413 g/mol. The number of piperidine rings is 1. The number of halogens is 1. The Morgan fingerprint density at radius 3 is 2.76 bits per heavy atom. The predicted molar refractivity (Wildman–Crippen MR) is 115 cm³/mol. The zero-order chi connectivity index (χ0) is 20.2. The van der Waals surface area contributed by atoms with Crippen LogP contribution in [-0.4, -0.2) is 46.0 Å². The normalized spacial score (nSPS) is 14.6. The molecule has 0 unspecified atom stereocenters. The van der Waals surface area contributed by atoms with Crippen LogP contribution in [0.2, 0.25) is 5.02 Å². The van der Waals surface area contributed by atoms with Crippen LogP contribution < -0.4 is 20.7 Å². The van der Waals surface area contributed by atoms with Gasteiger partial charge < -0.3 is 20.7 Å². The van der Waals surface area contributed by atoms with Crippen LogP contribution in [0.15, 0.2) is 36.8 Å². The number of aromatic nitrogens is 4. The molecule has 1 aromatic carbocycles. The van der Waals surface area contributed by atoms with E-state index in [9.17, 15) is 0 Å². The number of anilines is 3. The number of hydrogen-bond acceptors (Lipinski definition) is 7. The third kappa shape index (κ3) is 4.60. The van der Waals surface area contributed by atoms with Crippen LogP contribution in [0.4, 0.5) is 17.5 Å². The van der Waals surface area contributed by atoms with E-state index in [1.165, 1.54) is 0 Å². The van der Waals surface area contributed by atoms with Crippen LogP contribution in [0.1, 0.15) is 12.8 Å². The summed E-state index contributed by atoms with van der Waals surface area (Å²) in [5.41, 5.74) is 2.69. The number of aryl methyl sites for hydroxylation is 1. The molecule has 0 radical (unpaired) electrons. The highest BCUT2D eigenvalue weighted by Gasteiger charge is 2.18. The van der Waals surface area contributed by atoms with Crippen molar-refractivity contribution in [3.63, 3.8) is 0 Å². The topological polar surface area (TPSA) is 88.9 Å². The van der Waals surface area contributed by atoms with Crippen LogP contribution in [0, 0.1) is 0 Å². The maximum atomic E-state index is 6.23. The van der Waals surface area contributed by atoms with Gasteiger partial charge in [0.1, 0.15) is 11.6 Å². The van der Waals surface area contributed by atoms with E-state index < -0.39 is 0 Å². The van der Waals surface area contributed by atoms with E-state index in [0.29, 0.717) is 22.8 Å². The molecule has 1 aliphatic heterocycles. The molecule has 29 heavy (non-hydrogen) atoms. The van der Waals surface area contributed by atoms with E-state index in [0.717, 1.165) is 48.6 Å². The van der Waals surface area contributed by atoms with Crippen molar-refractivity contribution in [2.45, 2.75) is 18.9 Å². The molecule has 8 nitrogen and oxygen atoms in total. The summed E-state index contributed by atoms with van der Waals surface area (Å²) in [6.45, 7) is 2.00. The summed E-state index contributed by atoms with van der Waals surface area (Å²) in [5, 5.41) is 15.0. The summed E-state index contributed by atoms with van der Waals surface area (Å²) in [6.07, 6.45) is 7.70. The summed E-state index contributed by atoms with van der Waals surface area (Å²) in [7, 11) is 3.49. The second kappa shape index (κ2) is 8.67. The molecular formula is C20H24ClN7O. The average molecular weight is 414 g/mol. The summed E-state index contributed by atoms with van der Waals surface area (Å²) in [6, 6.07) is 5.84. The molecule has 3 heterocycles. The quantitative estimate of drug-likeness (QED) is 0.570. The first-order valence-corrected chi connectivity index (χ1v) is 9.94. The fraction of sp³-hybridized carbons (Fsp3) is 0.350. The number of ether oxygens (including phenoxy) is 1. The van der Waals surface area contributed by atoms with Crippen LogP contribution in [0.3, 0.4) is 0 Å². The molecule has 0 spiro atoms. The molecule has 0 bridgehead atoms. The fourth-order valence-electron chi connectivity index (χ4n) is 3.36. The lowest BCUT2D eigenvalue weighted by atomic mass is 10.1. The summed E-state index contributed by atoms with van der Waals surface area (Å²) >= 11 is 6.23. The van der Waals surface area contributed by atoms with Crippen molar-refractivity contribution in [3.8, 4) is 16.9 Å². The van der Waals surface area contributed by atoms with Crippen molar-refractivity contribution >= 4 is 29.1 Å². The van der Waals surface area contributed by atoms with Gasteiger partial charge in [-0.05, 0) is 44.1 Å². The Morgan fingerprint density at radius 2 is 2.07 bits per heavy atom. The maximum Gasteiger partial charge on any atom is 0.229 e. The standard InChI is InChI=1S/C20H24ClN7O/c1-28-12-13(10-24-28)16-11-23-20(26-15-3-4-18(29-2)17(21)9-15)27-19(16)25-14-5-7-22-8-6-14/h3-4,9-12,14,22H,5-8H2,1-2H3,(H2,23,25,26,27). The Labute approximate surface area is 174 Å². The summed E-state index contributed by atoms with van der Waals surface area (Å²) in [5.74, 6) is 1.91. The lowest BCUT2D eigenvalue weighted by Gasteiger charge is -2.25. The van der Waals surface area contributed by atoms with Gasteiger partial charge in [-0.15, -0.1) is 0 Å². The Kier molecular flexibility index (Phi) is 5.82. The Balaban J connectivity index is 1.63. The van der Waals surface area contributed by atoms with Gasteiger partial charge in [0.2, 0.25) is 5.95 Å². The third-order valence-corrected chi connectivity index (χ3v) is 5.19. The van der Waals surface area contributed by atoms with Gasteiger partial charge in [0.25, 0.3) is 0 Å². The van der Waals surface area contributed by atoms with Gasteiger partial charge in [-0.1, -0.05) is 11.6 Å². The number of nitrogens with zero attached hydrogens (tertiary/aromatic N) is 4. The number of nitrogens with one attached hydrogen (secondary N) is 3. The zero-order valence-corrected chi connectivity index (χ0v) is 17.2. The molecule has 1 aliphatic rings. The van der Waals surface area contributed by atoms with Gasteiger partial charge in [-0.25, -0.2) is 4.98 Å². The van der Waals surface area contributed by atoms with E-state index in [1.807, 2.05) is 37.8 Å². The SMILES string of the molecule is COc1ccc(Nc2ncc(-c3cnn(C)c3)c(NC3CCNCC3)n2)cc1Cl. The minimum atomic E-state index is 0.366. The first kappa shape index (κ1) is 19.5. The third-order valence-electron chi connectivity index (χ3n) is 4.89. The van der Waals surface area contributed by atoms with Crippen molar-refractivity contribution in [2.24, 2.45) is 7.05 Å². The molecule has 3 aromatic rings. The van der Waals surface area contributed by atoms with Gasteiger partial charge >= 0.3 is 0 Å². The second-order valence-corrected chi connectivity index (χ2v) is 7.41. The first-order chi connectivity index (χ1) is 14.1. The van der Waals surface area contributed by atoms with Gasteiger partial charge in [0.15, 0.2) is 0 Å². The number of methoxy groups -OCH3 is 1. The minimum Gasteiger partial charge on any atom is -0.495 e. The molecule has 1 saturated heterocycles. The second-order valence-electron chi connectivity index (χ2n) is 7.00. The molecule has 9 heteroatoms. The molecule has 1 fully saturated rings. The van der Waals surface area contributed by atoms with E-state index in [-0.39, 0.29) is 0 Å². The molecule has 0 saturated carbocycles. The highest BCUT2D eigenvalue weighted by molar-refractivity contribution is 6.32. The van der Waals surface area contributed by atoms with Gasteiger partial charge in [-0.3, -0.25) is 4.68 Å². The summed E-state index contributed by atoms with van der Waals surface area (Å²) in [4.78, 5) is 9.25. The molecule has 152 valence electrons. The van der Waals surface area contributed by atoms with Gasteiger partial charge in [0, 0.05) is 42.3 Å². The Morgan fingerprint density at radius 1 is 1.24 bits per heavy atom. The number of benzene rings is 1. The minimum absolute atomic E-state index is 0.366. The highest BCUT2D eigenvalue weighted by atomic mass is 35.5. The molecular weight excluding hydrogens is 390 g/mol. The van der Waals surface area contributed by atoms with Crippen molar-refractivity contribution < 1.29 is 4.74 Å². The van der Waals surface area contributed by atoms with Crippen molar-refractivity contribution in [3.05, 3.63) is 41.8 Å². The van der Waals surface area contributed by atoms with E-state index in [1.54, 1.807) is 17.9 Å².